The van der Waals surface area contributed by atoms with E-state index in [4.69, 9.17) is 0 Å². The molecule has 2 nitrogen and oxygen atoms in total. The fourth-order valence-electron chi connectivity index (χ4n) is 2.75. The maximum Gasteiger partial charge on any atom is 0.416 e. The molecule has 0 fully saturated rings. The van der Waals surface area contributed by atoms with E-state index in [0.29, 0.717) is 17.8 Å². The van der Waals surface area contributed by atoms with E-state index in [1.807, 2.05) is 60.7 Å². The van der Waals surface area contributed by atoms with Crippen LogP contribution in [-0.2, 0) is 17.5 Å². The van der Waals surface area contributed by atoms with Gasteiger partial charge in [-0.25, -0.2) is 0 Å². The Balaban J connectivity index is 1.84. The van der Waals surface area contributed by atoms with Crippen LogP contribution in [0.25, 0.3) is 6.08 Å². The Morgan fingerprint density at radius 2 is 1.50 bits per heavy atom. The Morgan fingerprint density at radius 1 is 0.857 bits per heavy atom. The highest BCUT2D eigenvalue weighted by molar-refractivity contribution is 6.03. The molecule has 0 saturated carbocycles. The fraction of sp³-hybridized carbons (Fsp3) is 0.0870. The van der Waals surface area contributed by atoms with Gasteiger partial charge in [0, 0.05) is 11.8 Å². The first kappa shape index (κ1) is 19.4. The van der Waals surface area contributed by atoms with Gasteiger partial charge in [-0.05, 0) is 41.5 Å². The molecule has 0 aliphatic rings. The van der Waals surface area contributed by atoms with Crippen molar-refractivity contribution in [1.29, 1.82) is 0 Å². The molecule has 142 valence electrons. The van der Waals surface area contributed by atoms with Crippen molar-refractivity contribution in [3.8, 4) is 0 Å². The van der Waals surface area contributed by atoms with E-state index in [0.717, 1.165) is 17.7 Å². The van der Waals surface area contributed by atoms with Gasteiger partial charge in [-0.2, -0.15) is 13.2 Å². The second-order valence-corrected chi connectivity index (χ2v) is 6.20. The van der Waals surface area contributed by atoms with Crippen molar-refractivity contribution in [3.05, 3.63) is 108 Å². The lowest BCUT2D eigenvalue weighted by atomic mass is 10.1. The molecule has 3 rings (SSSR count). The summed E-state index contributed by atoms with van der Waals surface area (Å²) in [5.41, 5.74) is 1.24. The average molecular weight is 381 g/mol. The second kappa shape index (κ2) is 8.57. The van der Waals surface area contributed by atoms with E-state index in [2.05, 4.69) is 0 Å². The molecule has 0 unspecified atom stereocenters. The summed E-state index contributed by atoms with van der Waals surface area (Å²) in [6, 6.07) is 23.5. The third-order valence-corrected chi connectivity index (χ3v) is 4.15. The summed E-state index contributed by atoms with van der Waals surface area (Å²) in [6.07, 6.45) is -1.72. The van der Waals surface area contributed by atoms with E-state index in [-0.39, 0.29) is 5.91 Å². The standard InChI is InChI=1S/C23H18F3NO/c24-23(25,26)20-11-7-10-18(16-20)14-15-22(28)27(21-12-5-2-6-13-21)17-19-8-3-1-4-9-19/h1-16H,17H2/b15-14+. The molecule has 0 N–H and O–H groups in total. The van der Waals surface area contributed by atoms with E-state index in [1.165, 1.54) is 24.3 Å². The number of alkyl halides is 3. The molecular weight excluding hydrogens is 363 g/mol. The number of carbonyl (C=O) groups is 1. The van der Waals surface area contributed by atoms with Gasteiger partial charge in [0.25, 0.3) is 5.91 Å². The van der Waals surface area contributed by atoms with Crippen LogP contribution in [0.15, 0.2) is 91.0 Å². The normalized spacial score (nSPS) is 11.5. The first-order valence-electron chi connectivity index (χ1n) is 8.69. The van der Waals surface area contributed by atoms with Crippen LogP contribution in [-0.4, -0.2) is 5.91 Å². The Kier molecular flexibility index (Phi) is 5.94. The minimum Gasteiger partial charge on any atom is -0.304 e. The lowest BCUT2D eigenvalue weighted by Gasteiger charge is -2.21. The van der Waals surface area contributed by atoms with Crippen molar-refractivity contribution >= 4 is 17.7 Å². The van der Waals surface area contributed by atoms with Crippen LogP contribution < -0.4 is 4.90 Å². The fourth-order valence-corrected chi connectivity index (χ4v) is 2.75. The molecule has 0 aromatic heterocycles. The van der Waals surface area contributed by atoms with Crippen molar-refractivity contribution in [2.75, 3.05) is 4.90 Å². The molecule has 0 bridgehead atoms. The first-order valence-corrected chi connectivity index (χ1v) is 8.69. The van der Waals surface area contributed by atoms with Crippen LogP contribution in [0.5, 0.6) is 0 Å². The Hall–Kier alpha value is -3.34. The summed E-state index contributed by atoms with van der Waals surface area (Å²) in [6.45, 7) is 0.358. The molecule has 0 aliphatic carbocycles. The average Bonchev–Trinajstić information content (AvgIpc) is 2.71. The number of para-hydroxylation sites is 1. The second-order valence-electron chi connectivity index (χ2n) is 6.20. The highest BCUT2D eigenvalue weighted by atomic mass is 19.4. The van der Waals surface area contributed by atoms with Gasteiger partial charge >= 0.3 is 6.18 Å². The molecule has 1 amide bonds. The summed E-state index contributed by atoms with van der Waals surface area (Å²) < 4.78 is 38.6. The molecule has 0 atom stereocenters. The number of carbonyl (C=O) groups excluding carboxylic acids is 1. The maximum atomic E-state index is 12.9. The molecule has 3 aromatic rings. The number of amides is 1. The molecule has 0 heterocycles. The Morgan fingerprint density at radius 3 is 2.14 bits per heavy atom. The predicted octanol–water partition coefficient (Wildman–Crippen LogP) is 5.95. The molecule has 0 saturated heterocycles. The highest BCUT2D eigenvalue weighted by Crippen LogP contribution is 2.29. The molecule has 0 aliphatic heterocycles. The lowest BCUT2D eigenvalue weighted by molar-refractivity contribution is -0.137. The van der Waals surface area contributed by atoms with Crippen molar-refractivity contribution in [2.24, 2.45) is 0 Å². The van der Waals surface area contributed by atoms with Crippen molar-refractivity contribution in [2.45, 2.75) is 12.7 Å². The van der Waals surface area contributed by atoms with Gasteiger partial charge < -0.3 is 4.90 Å². The van der Waals surface area contributed by atoms with Gasteiger partial charge in [0.2, 0.25) is 0 Å². The van der Waals surface area contributed by atoms with E-state index in [9.17, 15) is 18.0 Å². The highest BCUT2D eigenvalue weighted by Gasteiger charge is 2.30. The zero-order chi connectivity index (χ0) is 20.0. The minimum absolute atomic E-state index is 0.313. The van der Waals surface area contributed by atoms with Crippen LogP contribution in [0.4, 0.5) is 18.9 Å². The molecule has 0 radical (unpaired) electrons. The van der Waals surface area contributed by atoms with E-state index >= 15 is 0 Å². The number of nitrogens with zero attached hydrogens (tertiary/aromatic N) is 1. The van der Waals surface area contributed by atoms with Crippen LogP contribution in [0.2, 0.25) is 0 Å². The van der Waals surface area contributed by atoms with E-state index in [1.54, 1.807) is 4.90 Å². The minimum atomic E-state index is -4.42. The summed E-state index contributed by atoms with van der Waals surface area (Å²) >= 11 is 0. The summed E-state index contributed by atoms with van der Waals surface area (Å²) in [7, 11) is 0. The van der Waals surface area contributed by atoms with Gasteiger partial charge in [0.15, 0.2) is 0 Å². The third kappa shape index (κ3) is 5.10. The predicted molar refractivity (Wildman–Crippen MR) is 105 cm³/mol. The zero-order valence-electron chi connectivity index (χ0n) is 14.9. The van der Waals surface area contributed by atoms with Gasteiger partial charge in [-0.3, -0.25) is 4.79 Å². The van der Waals surface area contributed by atoms with Gasteiger partial charge in [0.1, 0.15) is 0 Å². The van der Waals surface area contributed by atoms with Gasteiger partial charge in [0.05, 0.1) is 12.1 Å². The summed E-state index contributed by atoms with van der Waals surface area (Å²) in [5.74, 6) is -0.313. The van der Waals surface area contributed by atoms with E-state index < -0.39 is 11.7 Å². The Labute approximate surface area is 161 Å². The van der Waals surface area contributed by atoms with Crippen LogP contribution in [0, 0.1) is 0 Å². The summed E-state index contributed by atoms with van der Waals surface area (Å²) in [5, 5.41) is 0. The number of hydrogen-bond donors (Lipinski definition) is 0. The number of halogens is 3. The molecule has 28 heavy (non-hydrogen) atoms. The van der Waals surface area contributed by atoms with Crippen LogP contribution >= 0.6 is 0 Å². The van der Waals surface area contributed by atoms with Gasteiger partial charge in [-0.15, -0.1) is 0 Å². The molecule has 3 aromatic carbocycles. The number of benzene rings is 3. The zero-order valence-corrected chi connectivity index (χ0v) is 14.9. The quantitative estimate of drug-likeness (QED) is 0.500. The number of anilines is 1. The van der Waals surface area contributed by atoms with Crippen molar-refractivity contribution < 1.29 is 18.0 Å². The monoisotopic (exact) mass is 381 g/mol. The van der Waals surface area contributed by atoms with Crippen LogP contribution in [0.3, 0.4) is 0 Å². The smallest absolute Gasteiger partial charge is 0.304 e. The Bertz CT molecular complexity index is 950. The van der Waals surface area contributed by atoms with Crippen molar-refractivity contribution in [1.82, 2.24) is 0 Å². The molecule has 5 heteroatoms. The number of hydrogen-bond acceptors (Lipinski definition) is 1. The maximum absolute atomic E-state index is 12.9. The third-order valence-electron chi connectivity index (χ3n) is 4.15. The number of rotatable bonds is 5. The molecule has 0 spiro atoms. The SMILES string of the molecule is O=C(/C=C/c1cccc(C(F)(F)F)c1)N(Cc1ccccc1)c1ccccc1. The molecular formula is C23H18F3NO. The lowest BCUT2D eigenvalue weighted by Crippen LogP contribution is -2.28. The van der Waals surface area contributed by atoms with Crippen molar-refractivity contribution in [3.63, 3.8) is 0 Å². The van der Waals surface area contributed by atoms with Gasteiger partial charge in [-0.1, -0.05) is 60.7 Å². The van der Waals surface area contributed by atoms with Crippen LogP contribution in [0.1, 0.15) is 16.7 Å². The topological polar surface area (TPSA) is 20.3 Å². The summed E-state index contributed by atoms with van der Waals surface area (Å²) in [4.78, 5) is 14.4. The first-order chi connectivity index (χ1) is 13.4. The largest absolute Gasteiger partial charge is 0.416 e.